The van der Waals surface area contributed by atoms with Gasteiger partial charge in [-0.1, -0.05) is 42.4 Å². The van der Waals surface area contributed by atoms with Crippen molar-refractivity contribution >= 4 is 40.3 Å². The molecule has 0 aliphatic heterocycles. The molecule has 1 atom stereocenters. The summed E-state index contributed by atoms with van der Waals surface area (Å²) < 4.78 is 3.29. The zero-order valence-corrected chi connectivity index (χ0v) is 19.2. The van der Waals surface area contributed by atoms with Crippen molar-refractivity contribution in [2.75, 3.05) is 5.75 Å². The lowest BCUT2D eigenvalue weighted by Gasteiger charge is -2.14. The maximum Gasteiger partial charge on any atom is 0.280 e. The van der Waals surface area contributed by atoms with E-state index in [2.05, 4.69) is 10.4 Å². The van der Waals surface area contributed by atoms with Crippen LogP contribution in [0.25, 0.3) is 11.0 Å². The first-order valence-electron chi connectivity index (χ1n) is 9.98. The molecule has 9 heteroatoms. The molecule has 30 heavy (non-hydrogen) atoms. The summed E-state index contributed by atoms with van der Waals surface area (Å²) >= 11 is 7.26. The first kappa shape index (κ1) is 22.4. The van der Waals surface area contributed by atoms with Crippen LogP contribution in [-0.4, -0.2) is 37.0 Å². The number of hydrogen-bond acceptors (Lipinski definition) is 5. The number of benzene rings is 1. The summed E-state index contributed by atoms with van der Waals surface area (Å²) in [6.07, 6.45) is 0.858. The lowest BCUT2D eigenvalue weighted by Crippen LogP contribution is -2.33. The Hall–Kier alpha value is -2.32. The minimum atomic E-state index is -0.165. The summed E-state index contributed by atoms with van der Waals surface area (Å²) in [5.41, 5.74) is 2.53. The zero-order valence-electron chi connectivity index (χ0n) is 17.6. The van der Waals surface area contributed by atoms with Crippen LogP contribution in [-0.2, 0) is 17.9 Å². The van der Waals surface area contributed by atoms with Gasteiger partial charge in [-0.15, -0.1) is 0 Å². The van der Waals surface area contributed by atoms with Crippen molar-refractivity contribution in [2.45, 2.75) is 58.4 Å². The SMILES string of the molecule is CCC(C)NC(=O)CSc1nc2c(C)nn(CC)c2c(=O)n1Cc1ccc(Cl)cc1. The number of amides is 1. The molecular weight excluding hydrogens is 422 g/mol. The molecule has 2 aromatic heterocycles. The second-order valence-corrected chi connectivity index (χ2v) is 8.55. The Balaban J connectivity index is 2.02. The fourth-order valence-corrected chi connectivity index (χ4v) is 4.02. The molecule has 1 aromatic carbocycles. The van der Waals surface area contributed by atoms with Crippen LogP contribution < -0.4 is 10.9 Å². The minimum Gasteiger partial charge on any atom is -0.353 e. The normalized spacial score (nSPS) is 12.3. The van der Waals surface area contributed by atoms with E-state index in [1.54, 1.807) is 21.4 Å². The summed E-state index contributed by atoms with van der Waals surface area (Å²) in [6.45, 7) is 8.68. The van der Waals surface area contributed by atoms with Crippen LogP contribution in [0.15, 0.2) is 34.2 Å². The van der Waals surface area contributed by atoms with Gasteiger partial charge in [-0.05, 0) is 44.9 Å². The molecule has 3 rings (SSSR count). The van der Waals surface area contributed by atoms with Gasteiger partial charge in [0, 0.05) is 17.6 Å². The van der Waals surface area contributed by atoms with Gasteiger partial charge >= 0.3 is 0 Å². The number of halogens is 1. The van der Waals surface area contributed by atoms with E-state index in [4.69, 9.17) is 16.6 Å². The molecule has 1 N–H and O–H groups in total. The topological polar surface area (TPSA) is 81.8 Å². The molecule has 0 saturated carbocycles. The van der Waals surface area contributed by atoms with E-state index in [1.165, 1.54) is 11.8 Å². The molecule has 1 amide bonds. The van der Waals surface area contributed by atoms with Crippen molar-refractivity contribution in [3.63, 3.8) is 0 Å². The number of hydrogen-bond donors (Lipinski definition) is 1. The number of carbonyl (C=O) groups is 1. The molecule has 0 spiro atoms. The third kappa shape index (κ3) is 4.87. The lowest BCUT2D eigenvalue weighted by molar-refractivity contribution is -0.119. The van der Waals surface area contributed by atoms with Crippen molar-refractivity contribution in [2.24, 2.45) is 0 Å². The second kappa shape index (κ2) is 9.66. The molecule has 0 radical (unpaired) electrons. The van der Waals surface area contributed by atoms with Crippen molar-refractivity contribution in [1.82, 2.24) is 24.6 Å². The van der Waals surface area contributed by atoms with E-state index < -0.39 is 0 Å². The second-order valence-electron chi connectivity index (χ2n) is 7.18. The van der Waals surface area contributed by atoms with Gasteiger partial charge in [0.2, 0.25) is 5.91 Å². The Bertz CT molecular complexity index is 1110. The van der Waals surface area contributed by atoms with E-state index in [0.717, 1.165) is 12.0 Å². The third-order valence-electron chi connectivity index (χ3n) is 4.89. The van der Waals surface area contributed by atoms with Gasteiger partial charge in [0.1, 0.15) is 5.52 Å². The van der Waals surface area contributed by atoms with Crippen molar-refractivity contribution in [3.8, 4) is 0 Å². The average molecular weight is 448 g/mol. The molecule has 0 aliphatic carbocycles. The van der Waals surface area contributed by atoms with Crippen LogP contribution in [0.1, 0.15) is 38.4 Å². The van der Waals surface area contributed by atoms with Gasteiger partial charge in [-0.3, -0.25) is 18.8 Å². The van der Waals surface area contributed by atoms with Gasteiger partial charge in [-0.25, -0.2) is 4.98 Å². The molecule has 1 unspecified atom stereocenters. The highest BCUT2D eigenvalue weighted by atomic mass is 35.5. The molecular formula is C21H26ClN5O2S. The van der Waals surface area contributed by atoms with Crippen LogP contribution in [0.3, 0.4) is 0 Å². The van der Waals surface area contributed by atoms with Crippen LogP contribution in [0.5, 0.6) is 0 Å². The average Bonchev–Trinajstić information content (AvgIpc) is 3.05. The standard InChI is InChI=1S/C21H26ClN5O2S/c1-5-13(3)23-17(28)12-30-21-24-18-14(4)25-27(6-2)19(18)20(29)26(21)11-15-7-9-16(22)10-8-15/h7-10,13H,5-6,11-12H2,1-4H3,(H,23,28). The molecule has 7 nitrogen and oxygen atoms in total. The summed E-state index contributed by atoms with van der Waals surface area (Å²) in [5.74, 6) is 0.104. The molecule has 0 aliphatic rings. The molecule has 0 bridgehead atoms. The Kier molecular flexibility index (Phi) is 7.20. The largest absolute Gasteiger partial charge is 0.353 e. The fraction of sp³-hybridized carbons (Fsp3) is 0.429. The van der Waals surface area contributed by atoms with Gasteiger partial charge in [-0.2, -0.15) is 5.10 Å². The van der Waals surface area contributed by atoms with Gasteiger partial charge < -0.3 is 5.32 Å². The molecule has 3 aromatic rings. The summed E-state index contributed by atoms with van der Waals surface area (Å²) in [5, 5.41) is 8.53. The fourth-order valence-electron chi connectivity index (χ4n) is 3.09. The van der Waals surface area contributed by atoms with E-state index >= 15 is 0 Å². The Morgan fingerprint density at radius 1 is 1.27 bits per heavy atom. The van der Waals surface area contributed by atoms with Crippen molar-refractivity contribution < 1.29 is 4.79 Å². The third-order valence-corrected chi connectivity index (χ3v) is 6.12. The number of rotatable bonds is 8. The van der Waals surface area contributed by atoms with Crippen molar-refractivity contribution in [3.05, 3.63) is 50.9 Å². The summed E-state index contributed by atoms with van der Waals surface area (Å²) in [4.78, 5) is 30.4. The van der Waals surface area contributed by atoms with Crippen LogP contribution in [0.2, 0.25) is 5.02 Å². The Morgan fingerprint density at radius 2 is 1.97 bits per heavy atom. The number of thioether (sulfide) groups is 1. The zero-order chi connectivity index (χ0) is 21.8. The number of fused-ring (bicyclic) bond motifs is 1. The molecule has 0 fully saturated rings. The Morgan fingerprint density at radius 3 is 2.60 bits per heavy atom. The monoisotopic (exact) mass is 447 g/mol. The highest BCUT2D eigenvalue weighted by Crippen LogP contribution is 2.21. The van der Waals surface area contributed by atoms with E-state index in [-0.39, 0.29) is 23.3 Å². The van der Waals surface area contributed by atoms with E-state index in [1.807, 2.05) is 39.8 Å². The quantitative estimate of drug-likeness (QED) is 0.421. The minimum absolute atomic E-state index is 0.0808. The molecule has 0 saturated heterocycles. The highest BCUT2D eigenvalue weighted by molar-refractivity contribution is 7.99. The van der Waals surface area contributed by atoms with E-state index in [9.17, 15) is 9.59 Å². The molecule has 2 heterocycles. The van der Waals surface area contributed by atoms with Gasteiger partial charge in [0.25, 0.3) is 5.56 Å². The van der Waals surface area contributed by atoms with E-state index in [0.29, 0.717) is 40.0 Å². The maximum absolute atomic E-state index is 13.4. The predicted molar refractivity (Wildman–Crippen MR) is 121 cm³/mol. The maximum atomic E-state index is 13.4. The lowest BCUT2D eigenvalue weighted by atomic mass is 10.2. The first-order valence-corrected chi connectivity index (χ1v) is 11.3. The Labute approximate surface area is 184 Å². The van der Waals surface area contributed by atoms with Gasteiger partial charge in [0.05, 0.1) is 18.0 Å². The van der Waals surface area contributed by atoms with Crippen LogP contribution in [0, 0.1) is 6.92 Å². The smallest absolute Gasteiger partial charge is 0.280 e. The summed E-state index contributed by atoms with van der Waals surface area (Å²) in [6, 6.07) is 7.45. The first-order chi connectivity index (χ1) is 14.3. The number of aryl methyl sites for hydroxylation is 2. The number of nitrogens with one attached hydrogen (secondary N) is 1. The number of carbonyl (C=O) groups excluding carboxylic acids is 1. The predicted octanol–water partition coefficient (Wildman–Crippen LogP) is 3.63. The summed E-state index contributed by atoms with van der Waals surface area (Å²) in [7, 11) is 0. The van der Waals surface area contributed by atoms with Gasteiger partial charge in [0.15, 0.2) is 10.7 Å². The number of aromatic nitrogens is 4. The van der Waals surface area contributed by atoms with Crippen LogP contribution in [0.4, 0.5) is 0 Å². The van der Waals surface area contributed by atoms with Crippen molar-refractivity contribution in [1.29, 1.82) is 0 Å². The van der Waals surface area contributed by atoms with Crippen LogP contribution >= 0.6 is 23.4 Å². The molecule has 160 valence electrons. The highest BCUT2D eigenvalue weighted by Gasteiger charge is 2.19. The number of nitrogens with zero attached hydrogens (tertiary/aromatic N) is 4.